The highest BCUT2D eigenvalue weighted by Crippen LogP contribution is 2.25. The van der Waals surface area contributed by atoms with Gasteiger partial charge in [-0.2, -0.15) is 10.1 Å². The largest absolute Gasteiger partial charge is 0.333 e. The van der Waals surface area contributed by atoms with Gasteiger partial charge in [0.2, 0.25) is 11.8 Å². The van der Waals surface area contributed by atoms with Crippen LogP contribution in [-0.2, 0) is 16.0 Å². The predicted molar refractivity (Wildman–Crippen MR) is 121 cm³/mol. The Kier molecular flexibility index (Phi) is 7.46. The Balaban J connectivity index is 1.65. The number of nitrogens with zero attached hydrogens (tertiary/aromatic N) is 5. The van der Waals surface area contributed by atoms with Gasteiger partial charge in [-0.1, -0.05) is 30.1 Å². The number of carbonyl (C=O) groups is 2. The number of fused-ring (bicyclic) bond motifs is 1. The first-order chi connectivity index (χ1) is 14.8. The van der Waals surface area contributed by atoms with Gasteiger partial charge in [-0.15, -0.1) is 0 Å². The fraction of sp³-hybridized carbons (Fsp3) is 0.381. The second kappa shape index (κ2) is 10.1. The lowest BCUT2D eigenvalue weighted by Crippen LogP contribution is -2.38. The molecule has 0 bridgehead atoms. The van der Waals surface area contributed by atoms with Crippen LogP contribution in [0, 0.1) is 13.8 Å². The van der Waals surface area contributed by atoms with Crippen molar-refractivity contribution < 1.29 is 9.59 Å². The third kappa shape index (κ3) is 5.51. The smallest absolute Gasteiger partial charge is 0.252 e. The van der Waals surface area contributed by atoms with Crippen LogP contribution in [0.3, 0.4) is 0 Å². The number of hydrogen-bond donors (Lipinski definition) is 1. The van der Waals surface area contributed by atoms with Crippen molar-refractivity contribution in [2.75, 3.05) is 18.4 Å². The summed E-state index contributed by atoms with van der Waals surface area (Å²) in [7, 11) is 0. The normalized spacial score (nSPS) is 11.0. The summed E-state index contributed by atoms with van der Waals surface area (Å²) in [6.07, 6.45) is 2.96. The fourth-order valence-corrected chi connectivity index (χ4v) is 3.88. The summed E-state index contributed by atoms with van der Waals surface area (Å²) in [4.78, 5) is 35.5. The Morgan fingerprint density at radius 2 is 2.00 bits per heavy atom. The average molecular weight is 463 g/mol. The average Bonchev–Trinajstić information content (AvgIpc) is 3.18. The van der Waals surface area contributed by atoms with E-state index in [4.69, 9.17) is 23.2 Å². The summed E-state index contributed by atoms with van der Waals surface area (Å²) < 4.78 is 1.67. The lowest BCUT2D eigenvalue weighted by Gasteiger charge is -2.22. The van der Waals surface area contributed by atoms with Crippen molar-refractivity contribution >= 4 is 46.5 Å². The molecule has 1 N–H and O–H groups in total. The van der Waals surface area contributed by atoms with Crippen LogP contribution < -0.4 is 5.32 Å². The third-order valence-electron chi connectivity index (χ3n) is 4.96. The molecule has 0 fully saturated rings. The number of nitrogens with one attached hydrogen (secondary N) is 1. The molecule has 0 aliphatic carbocycles. The molecule has 31 heavy (non-hydrogen) atoms. The van der Waals surface area contributed by atoms with E-state index in [2.05, 4.69) is 20.4 Å². The van der Waals surface area contributed by atoms with Gasteiger partial charge < -0.3 is 10.2 Å². The van der Waals surface area contributed by atoms with Crippen molar-refractivity contribution in [2.24, 2.45) is 0 Å². The first-order valence-corrected chi connectivity index (χ1v) is 10.7. The molecule has 3 rings (SSSR count). The zero-order chi connectivity index (χ0) is 22.5. The first kappa shape index (κ1) is 23.0. The minimum absolute atomic E-state index is 0.0516. The number of aryl methyl sites for hydroxylation is 2. The molecule has 0 aliphatic rings. The van der Waals surface area contributed by atoms with Gasteiger partial charge in [-0.25, -0.2) is 9.50 Å². The van der Waals surface area contributed by atoms with E-state index in [0.717, 1.165) is 23.4 Å². The SMILES string of the molecule is CCCN(CC(=O)Nc1ccc(Cl)cc1Cl)C(=O)CCc1c(C)nc2ncnn2c1C. The van der Waals surface area contributed by atoms with Gasteiger partial charge in [0.1, 0.15) is 6.33 Å². The zero-order valence-electron chi connectivity index (χ0n) is 17.7. The van der Waals surface area contributed by atoms with Crippen LogP contribution in [0.4, 0.5) is 5.69 Å². The molecule has 0 radical (unpaired) electrons. The van der Waals surface area contributed by atoms with Crippen LogP contribution in [0.5, 0.6) is 0 Å². The summed E-state index contributed by atoms with van der Waals surface area (Å²) in [5, 5.41) is 7.74. The summed E-state index contributed by atoms with van der Waals surface area (Å²) in [5.41, 5.74) is 3.14. The van der Waals surface area contributed by atoms with Crippen LogP contribution in [-0.4, -0.2) is 49.4 Å². The molecule has 2 heterocycles. The van der Waals surface area contributed by atoms with Crippen LogP contribution in [0.15, 0.2) is 24.5 Å². The molecule has 2 aromatic heterocycles. The first-order valence-electron chi connectivity index (χ1n) is 9.98. The van der Waals surface area contributed by atoms with E-state index in [-0.39, 0.29) is 24.8 Å². The van der Waals surface area contributed by atoms with Crippen molar-refractivity contribution in [3.8, 4) is 0 Å². The Morgan fingerprint density at radius 1 is 1.23 bits per heavy atom. The van der Waals surface area contributed by atoms with E-state index < -0.39 is 0 Å². The molecule has 1 aromatic carbocycles. The number of amides is 2. The van der Waals surface area contributed by atoms with Crippen molar-refractivity contribution in [3.05, 3.63) is 51.5 Å². The summed E-state index contributed by atoms with van der Waals surface area (Å²) in [6, 6.07) is 4.83. The Hall–Kier alpha value is -2.71. The molecular weight excluding hydrogens is 439 g/mol. The quantitative estimate of drug-likeness (QED) is 0.548. The van der Waals surface area contributed by atoms with Crippen molar-refractivity contribution in [3.63, 3.8) is 0 Å². The Labute approximate surface area is 190 Å². The second-order valence-electron chi connectivity index (χ2n) is 7.22. The topological polar surface area (TPSA) is 92.5 Å². The molecule has 0 saturated carbocycles. The van der Waals surface area contributed by atoms with Gasteiger partial charge in [0, 0.05) is 29.4 Å². The van der Waals surface area contributed by atoms with Crippen LogP contribution in [0.1, 0.15) is 36.7 Å². The van der Waals surface area contributed by atoms with E-state index in [1.165, 1.54) is 6.33 Å². The number of carbonyl (C=O) groups excluding carboxylic acids is 2. The van der Waals surface area contributed by atoms with E-state index in [1.54, 1.807) is 27.6 Å². The molecule has 10 heteroatoms. The molecule has 164 valence electrons. The predicted octanol–water partition coefficient (Wildman–Crippen LogP) is 3.86. The molecule has 3 aromatic rings. The number of aromatic nitrogens is 4. The monoisotopic (exact) mass is 462 g/mol. The number of anilines is 1. The van der Waals surface area contributed by atoms with Crippen molar-refractivity contribution in [1.82, 2.24) is 24.5 Å². The third-order valence-corrected chi connectivity index (χ3v) is 5.51. The van der Waals surface area contributed by atoms with Gasteiger partial charge in [0.05, 0.1) is 17.3 Å². The Morgan fingerprint density at radius 3 is 2.71 bits per heavy atom. The highest BCUT2D eigenvalue weighted by Gasteiger charge is 2.19. The van der Waals surface area contributed by atoms with Gasteiger partial charge in [0.15, 0.2) is 0 Å². The van der Waals surface area contributed by atoms with Crippen molar-refractivity contribution in [2.45, 2.75) is 40.0 Å². The van der Waals surface area contributed by atoms with Crippen molar-refractivity contribution in [1.29, 1.82) is 0 Å². The maximum Gasteiger partial charge on any atom is 0.252 e. The lowest BCUT2D eigenvalue weighted by atomic mass is 10.1. The van der Waals surface area contributed by atoms with E-state index in [0.29, 0.717) is 34.5 Å². The highest BCUT2D eigenvalue weighted by molar-refractivity contribution is 6.36. The van der Waals surface area contributed by atoms with Gasteiger partial charge in [-0.3, -0.25) is 9.59 Å². The summed E-state index contributed by atoms with van der Waals surface area (Å²) in [5.74, 6) is 0.121. The van der Waals surface area contributed by atoms with Crippen LogP contribution >= 0.6 is 23.2 Å². The van der Waals surface area contributed by atoms with Gasteiger partial charge in [-0.05, 0) is 50.5 Å². The number of halogens is 2. The number of hydrogen-bond acceptors (Lipinski definition) is 5. The molecule has 0 aliphatic heterocycles. The molecule has 8 nitrogen and oxygen atoms in total. The number of benzene rings is 1. The van der Waals surface area contributed by atoms with E-state index in [1.807, 2.05) is 20.8 Å². The zero-order valence-corrected chi connectivity index (χ0v) is 19.2. The lowest BCUT2D eigenvalue weighted by molar-refractivity contribution is -0.134. The molecule has 0 unspecified atom stereocenters. The standard InChI is InChI=1S/C21H24Cl2N6O2/c1-4-9-28(11-19(30)27-18-7-5-15(22)10-17(18)23)20(31)8-6-16-13(2)26-21-24-12-25-29(21)14(16)3/h5,7,10,12H,4,6,8-9,11H2,1-3H3,(H,27,30). The maximum atomic E-state index is 12.9. The molecule has 0 spiro atoms. The van der Waals surface area contributed by atoms with Gasteiger partial charge >= 0.3 is 0 Å². The summed E-state index contributed by atoms with van der Waals surface area (Å²) >= 11 is 12.0. The van der Waals surface area contributed by atoms with E-state index in [9.17, 15) is 9.59 Å². The number of rotatable bonds is 8. The van der Waals surface area contributed by atoms with Crippen LogP contribution in [0.2, 0.25) is 10.0 Å². The highest BCUT2D eigenvalue weighted by atomic mass is 35.5. The van der Waals surface area contributed by atoms with E-state index >= 15 is 0 Å². The molecule has 0 saturated heterocycles. The minimum atomic E-state index is -0.316. The summed E-state index contributed by atoms with van der Waals surface area (Å²) in [6.45, 7) is 6.23. The van der Waals surface area contributed by atoms with Gasteiger partial charge in [0.25, 0.3) is 5.78 Å². The minimum Gasteiger partial charge on any atom is -0.333 e. The van der Waals surface area contributed by atoms with Crippen LogP contribution in [0.25, 0.3) is 5.78 Å². The molecule has 2 amide bonds. The molecule has 0 atom stereocenters. The second-order valence-corrected chi connectivity index (χ2v) is 8.06. The molecular formula is C21H24Cl2N6O2. The fourth-order valence-electron chi connectivity index (χ4n) is 3.42. The maximum absolute atomic E-state index is 12.9. The Bertz CT molecular complexity index is 1110.